The number of benzene rings is 2. The van der Waals surface area contributed by atoms with Gasteiger partial charge < -0.3 is 5.11 Å². The van der Waals surface area contributed by atoms with Crippen LogP contribution in [-0.4, -0.2) is 10.0 Å². The van der Waals surface area contributed by atoms with Crippen LogP contribution in [0.3, 0.4) is 0 Å². The Morgan fingerprint density at radius 1 is 1.06 bits per heavy atom. The van der Waals surface area contributed by atoms with E-state index < -0.39 is 4.92 Å². The van der Waals surface area contributed by atoms with Gasteiger partial charge in [0, 0.05) is 0 Å². The summed E-state index contributed by atoms with van der Waals surface area (Å²) in [5.74, 6) is -0.180. The van der Waals surface area contributed by atoms with Crippen molar-refractivity contribution >= 4 is 17.1 Å². The number of nitro groups is 1. The highest BCUT2D eigenvalue weighted by molar-refractivity contribution is 5.59. The van der Waals surface area contributed by atoms with E-state index in [9.17, 15) is 15.2 Å². The third-order valence-electron chi connectivity index (χ3n) is 2.19. The molecule has 0 aliphatic carbocycles. The molecule has 0 bridgehead atoms. The highest BCUT2D eigenvalue weighted by Crippen LogP contribution is 2.31. The largest absolute Gasteiger partial charge is 0.508 e. The van der Waals surface area contributed by atoms with Crippen LogP contribution in [0, 0.1) is 10.1 Å². The number of aromatic hydroxyl groups is 1. The van der Waals surface area contributed by atoms with Gasteiger partial charge in [0.25, 0.3) is 5.69 Å². The molecule has 2 aromatic carbocycles. The summed E-state index contributed by atoms with van der Waals surface area (Å²) in [6.45, 7) is 0. The van der Waals surface area contributed by atoms with Crippen molar-refractivity contribution < 1.29 is 10.0 Å². The fourth-order valence-corrected chi connectivity index (χ4v) is 1.35. The maximum Gasteiger partial charge on any atom is 0.300 e. The molecular weight excluding hydrogens is 234 g/mol. The fourth-order valence-electron chi connectivity index (χ4n) is 1.35. The van der Waals surface area contributed by atoms with Crippen LogP contribution in [0.15, 0.2) is 58.8 Å². The summed E-state index contributed by atoms with van der Waals surface area (Å²) in [7, 11) is 0. The lowest BCUT2D eigenvalue weighted by Gasteiger charge is -1.97. The molecule has 2 rings (SSSR count). The lowest BCUT2D eigenvalue weighted by molar-refractivity contribution is -0.384. The van der Waals surface area contributed by atoms with Crippen molar-refractivity contribution in [3.63, 3.8) is 0 Å². The Hall–Kier alpha value is -2.76. The first-order valence-electron chi connectivity index (χ1n) is 5.11. The molecule has 90 valence electrons. The van der Waals surface area contributed by atoms with Gasteiger partial charge in [0.1, 0.15) is 5.75 Å². The average molecular weight is 243 g/mol. The molecule has 2 aromatic rings. The van der Waals surface area contributed by atoms with Gasteiger partial charge in [-0.05, 0) is 24.3 Å². The molecule has 0 unspecified atom stereocenters. The number of nitrogens with zero attached hydrogens (tertiary/aromatic N) is 3. The van der Waals surface area contributed by atoms with Gasteiger partial charge in [-0.3, -0.25) is 10.1 Å². The third-order valence-corrected chi connectivity index (χ3v) is 2.19. The Balaban J connectivity index is 2.35. The van der Waals surface area contributed by atoms with Crippen LogP contribution < -0.4 is 0 Å². The van der Waals surface area contributed by atoms with Crippen LogP contribution in [0.5, 0.6) is 5.75 Å². The number of hydrogen-bond acceptors (Lipinski definition) is 5. The average Bonchev–Trinajstić information content (AvgIpc) is 2.38. The van der Waals surface area contributed by atoms with Crippen molar-refractivity contribution in [2.24, 2.45) is 10.2 Å². The van der Waals surface area contributed by atoms with Crippen LogP contribution in [0.4, 0.5) is 17.1 Å². The van der Waals surface area contributed by atoms with Crippen LogP contribution in [0.25, 0.3) is 0 Å². The molecular formula is C12H9N3O3. The van der Waals surface area contributed by atoms with E-state index in [4.69, 9.17) is 0 Å². The maximum absolute atomic E-state index is 10.8. The van der Waals surface area contributed by atoms with Gasteiger partial charge in [0.15, 0.2) is 5.69 Å². The zero-order valence-electron chi connectivity index (χ0n) is 9.22. The summed E-state index contributed by atoms with van der Waals surface area (Å²) in [5, 5.41) is 27.7. The Morgan fingerprint density at radius 3 is 2.44 bits per heavy atom. The molecule has 0 saturated carbocycles. The minimum atomic E-state index is -0.612. The summed E-state index contributed by atoms with van der Waals surface area (Å²) in [6.07, 6.45) is 0. The first kappa shape index (κ1) is 11.7. The predicted molar refractivity (Wildman–Crippen MR) is 65.4 cm³/mol. The second kappa shape index (κ2) is 5.05. The second-order valence-corrected chi connectivity index (χ2v) is 3.47. The molecule has 6 heteroatoms. The smallest absolute Gasteiger partial charge is 0.300 e. The summed E-state index contributed by atoms with van der Waals surface area (Å²) in [4.78, 5) is 10.2. The number of azo groups is 1. The van der Waals surface area contributed by atoms with E-state index in [1.54, 1.807) is 24.3 Å². The zero-order valence-corrected chi connectivity index (χ0v) is 9.22. The van der Waals surface area contributed by atoms with E-state index in [0.29, 0.717) is 5.69 Å². The highest BCUT2D eigenvalue weighted by Gasteiger charge is 2.14. The topological polar surface area (TPSA) is 88.1 Å². The van der Waals surface area contributed by atoms with E-state index in [1.165, 1.54) is 12.1 Å². The van der Waals surface area contributed by atoms with E-state index in [1.807, 2.05) is 6.07 Å². The lowest BCUT2D eigenvalue weighted by Crippen LogP contribution is -1.87. The minimum Gasteiger partial charge on any atom is -0.508 e. The molecule has 0 fully saturated rings. The van der Waals surface area contributed by atoms with Gasteiger partial charge in [-0.15, -0.1) is 5.11 Å². The van der Waals surface area contributed by atoms with Gasteiger partial charge in [0.2, 0.25) is 0 Å². The van der Waals surface area contributed by atoms with Crippen LogP contribution >= 0.6 is 0 Å². The summed E-state index contributed by atoms with van der Waals surface area (Å²) < 4.78 is 0. The number of hydrogen-bond donors (Lipinski definition) is 1. The number of nitro benzene ring substituents is 1. The normalized spacial score (nSPS) is 10.7. The molecule has 0 aliphatic rings. The first-order chi connectivity index (χ1) is 8.66. The summed E-state index contributed by atoms with van der Waals surface area (Å²) in [6, 6.07) is 12.6. The van der Waals surface area contributed by atoms with Gasteiger partial charge in [0.05, 0.1) is 16.7 Å². The molecule has 0 heterocycles. The minimum absolute atomic E-state index is 0.0988. The fraction of sp³-hybridized carbons (Fsp3) is 0. The molecule has 0 amide bonds. The van der Waals surface area contributed by atoms with E-state index in [2.05, 4.69) is 10.2 Å². The Bertz CT molecular complexity index is 597. The lowest BCUT2D eigenvalue weighted by atomic mass is 10.2. The first-order valence-corrected chi connectivity index (χ1v) is 5.11. The molecule has 0 spiro atoms. The highest BCUT2D eigenvalue weighted by atomic mass is 16.6. The summed E-state index contributed by atoms with van der Waals surface area (Å²) >= 11 is 0. The molecule has 1 N–H and O–H groups in total. The van der Waals surface area contributed by atoms with E-state index in [-0.39, 0.29) is 17.1 Å². The summed E-state index contributed by atoms with van der Waals surface area (Å²) in [5.41, 5.74) is 0.413. The van der Waals surface area contributed by atoms with Gasteiger partial charge in [-0.1, -0.05) is 18.2 Å². The van der Waals surface area contributed by atoms with Crippen molar-refractivity contribution in [3.05, 3.63) is 58.6 Å². The third kappa shape index (κ3) is 2.67. The molecule has 0 aromatic heterocycles. The Labute approximate surface area is 102 Å². The van der Waals surface area contributed by atoms with Gasteiger partial charge in [-0.2, -0.15) is 5.11 Å². The monoisotopic (exact) mass is 243 g/mol. The molecule has 0 radical (unpaired) electrons. The van der Waals surface area contributed by atoms with Crippen molar-refractivity contribution in [1.82, 2.24) is 0 Å². The Morgan fingerprint density at radius 2 is 1.78 bits per heavy atom. The number of phenols is 1. The van der Waals surface area contributed by atoms with E-state index >= 15 is 0 Å². The standard InChI is InChI=1S/C12H9N3O3/c16-10-6-7-11(12(8-10)15(17)18)14-13-9-4-2-1-3-5-9/h1-8,16H. The molecule has 6 nitrogen and oxygen atoms in total. The van der Waals surface area contributed by atoms with E-state index in [0.717, 1.165) is 6.07 Å². The van der Waals surface area contributed by atoms with Crippen molar-refractivity contribution in [1.29, 1.82) is 0 Å². The zero-order chi connectivity index (χ0) is 13.0. The molecule has 0 aliphatic heterocycles. The Kier molecular flexibility index (Phi) is 3.29. The van der Waals surface area contributed by atoms with Crippen molar-refractivity contribution in [3.8, 4) is 5.75 Å². The van der Waals surface area contributed by atoms with Crippen molar-refractivity contribution in [2.75, 3.05) is 0 Å². The second-order valence-electron chi connectivity index (χ2n) is 3.47. The molecule has 0 saturated heterocycles. The quantitative estimate of drug-likeness (QED) is 0.506. The van der Waals surface area contributed by atoms with Crippen LogP contribution in [-0.2, 0) is 0 Å². The van der Waals surface area contributed by atoms with Crippen LogP contribution in [0.2, 0.25) is 0 Å². The molecule has 0 atom stereocenters. The number of rotatable bonds is 3. The van der Waals surface area contributed by atoms with Crippen LogP contribution in [0.1, 0.15) is 0 Å². The predicted octanol–water partition coefficient (Wildman–Crippen LogP) is 3.72. The maximum atomic E-state index is 10.8. The SMILES string of the molecule is O=[N+]([O-])c1cc(O)ccc1N=Nc1ccccc1. The molecule has 18 heavy (non-hydrogen) atoms. The van der Waals surface area contributed by atoms with Gasteiger partial charge >= 0.3 is 0 Å². The van der Waals surface area contributed by atoms with Gasteiger partial charge in [-0.25, -0.2) is 0 Å². The number of phenolic OH excluding ortho intramolecular Hbond substituents is 1. The van der Waals surface area contributed by atoms with Crippen molar-refractivity contribution in [2.45, 2.75) is 0 Å².